The van der Waals surface area contributed by atoms with Crippen LogP contribution >= 0.6 is 11.6 Å². The maximum atomic E-state index is 14.3. The smallest absolute Gasteiger partial charge is 0.435 e. The van der Waals surface area contributed by atoms with Crippen LogP contribution in [-0.4, -0.2) is 66.7 Å². The molecule has 6 rings (SSSR count). The van der Waals surface area contributed by atoms with Gasteiger partial charge in [-0.3, -0.25) is 23.6 Å². The zero-order valence-corrected chi connectivity index (χ0v) is 25.3. The van der Waals surface area contributed by atoms with Gasteiger partial charge in [-0.25, -0.2) is 9.97 Å². The highest BCUT2D eigenvalue weighted by molar-refractivity contribution is 6.34. The molecule has 5 aromatic rings. The molecular weight excluding hydrogens is 625 g/mol. The lowest BCUT2D eigenvalue weighted by atomic mass is 10.0. The van der Waals surface area contributed by atoms with Crippen LogP contribution in [0, 0.1) is 0 Å². The summed E-state index contributed by atoms with van der Waals surface area (Å²) in [6, 6.07) is 14.8. The lowest BCUT2D eigenvalue weighted by Crippen LogP contribution is -2.34. The Bertz CT molecular complexity index is 1820. The van der Waals surface area contributed by atoms with Crippen LogP contribution in [0.2, 0.25) is 5.02 Å². The van der Waals surface area contributed by atoms with Crippen LogP contribution in [0.1, 0.15) is 40.5 Å². The molecule has 1 fully saturated rings. The minimum atomic E-state index is -4.66. The first kappa shape index (κ1) is 32.4. The number of aromatic nitrogens is 5. The summed E-state index contributed by atoms with van der Waals surface area (Å²) in [6.07, 6.45) is 2.63. The molecule has 0 saturated carbocycles. The standard InChI is InChI=1S/C30H28ClF3N8O.CH2O2/c1-35-29(43)22-8-7-20(15-24(22)31)38-27-28-37-16-25(41(28)14-11-36-27)23-18-42(39-26(23)30(32,33)34)21-9-12-40(13-10-21)17-19-5-3-2-4-6-19;2-1-3/h2-8,11,14-16,18,21H,9-10,12-13,17H2,1H3,(H,35,43)(H,36,38);1H,(H,2,3). The molecule has 3 aromatic heterocycles. The molecule has 0 aliphatic carbocycles. The van der Waals surface area contributed by atoms with E-state index < -0.39 is 11.9 Å². The van der Waals surface area contributed by atoms with Gasteiger partial charge in [-0.2, -0.15) is 18.3 Å². The van der Waals surface area contributed by atoms with Crippen molar-refractivity contribution in [3.05, 3.63) is 95.2 Å². The van der Waals surface area contributed by atoms with Gasteiger partial charge in [0, 0.05) is 51.0 Å². The number of hydrogen-bond acceptors (Lipinski definition) is 7. The molecule has 3 N–H and O–H groups in total. The van der Waals surface area contributed by atoms with E-state index in [-0.39, 0.29) is 34.7 Å². The Balaban J connectivity index is 0.00000134. The van der Waals surface area contributed by atoms with Crippen molar-refractivity contribution >= 4 is 41.1 Å². The van der Waals surface area contributed by atoms with Gasteiger partial charge in [0.1, 0.15) is 0 Å². The van der Waals surface area contributed by atoms with E-state index in [1.807, 2.05) is 18.2 Å². The molecular formula is C31H30ClF3N8O3. The predicted molar refractivity (Wildman–Crippen MR) is 166 cm³/mol. The summed E-state index contributed by atoms with van der Waals surface area (Å²) in [5.41, 5.74) is 1.60. The number of imidazole rings is 1. The number of amides is 1. The summed E-state index contributed by atoms with van der Waals surface area (Å²) < 4.78 is 45.8. The lowest BCUT2D eigenvalue weighted by Gasteiger charge is -2.32. The van der Waals surface area contributed by atoms with Crippen LogP contribution in [0.25, 0.3) is 16.9 Å². The molecule has 0 bridgehead atoms. The van der Waals surface area contributed by atoms with Crippen LogP contribution < -0.4 is 10.6 Å². The Kier molecular flexibility index (Phi) is 9.87. The van der Waals surface area contributed by atoms with E-state index in [1.165, 1.54) is 35.9 Å². The highest BCUT2D eigenvalue weighted by Crippen LogP contribution is 2.38. The van der Waals surface area contributed by atoms with E-state index in [9.17, 15) is 18.0 Å². The number of anilines is 2. The van der Waals surface area contributed by atoms with Crippen molar-refractivity contribution in [1.82, 2.24) is 34.4 Å². The van der Waals surface area contributed by atoms with Crippen molar-refractivity contribution in [2.45, 2.75) is 31.6 Å². The highest BCUT2D eigenvalue weighted by atomic mass is 35.5. The largest absolute Gasteiger partial charge is 0.483 e. The highest BCUT2D eigenvalue weighted by Gasteiger charge is 2.39. The fourth-order valence-electron chi connectivity index (χ4n) is 5.41. The quantitative estimate of drug-likeness (QED) is 0.185. The number of alkyl halides is 3. The van der Waals surface area contributed by atoms with Crippen molar-refractivity contribution in [3.8, 4) is 11.3 Å². The summed E-state index contributed by atoms with van der Waals surface area (Å²) in [7, 11) is 1.51. The van der Waals surface area contributed by atoms with Gasteiger partial charge in [-0.15, -0.1) is 0 Å². The molecule has 0 radical (unpaired) electrons. The van der Waals surface area contributed by atoms with Gasteiger partial charge in [0.05, 0.1) is 34.1 Å². The Labute approximate surface area is 266 Å². The average molecular weight is 655 g/mol. The SMILES string of the molecule is CNC(=O)c1ccc(Nc2nccn3c(-c4cn(C5CCN(Cc6ccccc6)CC5)nc4C(F)(F)F)cnc23)cc1Cl.O=CO. The van der Waals surface area contributed by atoms with E-state index in [0.717, 1.165) is 19.6 Å². The third-order valence-corrected chi connectivity index (χ3v) is 7.90. The predicted octanol–water partition coefficient (Wildman–Crippen LogP) is 5.91. The second-order valence-electron chi connectivity index (χ2n) is 10.5. The average Bonchev–Trinajstić information content (AvgIpc) is 3.68. The molecule has 46 heavy (non-hydrogen) atoms. The summed E-state index contributed by atoms with van der Waals surface area (Å²) >= 11 is 6.28. The minimum Gasteiger partial charge on any atom is -0.483 e. The fraction of sp³-hybridized carbons (Fsp3) is 0.258. The van der Waals surface area contributed by atoms with E-state index in [1.54, 1.807) is 28.8 Å². The van der Waals surface area contributed by atoms with E-state index >= 15 is 0 Å². The molecule has 1 saturated heterocycles. The monoisotopic (exact) mass is 654 g/mol. The number of hydrogen-bond donors (Lipinski definition) is 3. The van der Waals surface area contributed by atoms with Gasteiger partial charge < -0.3 is 15.7 Å². The summed E-state index contributed by atoms with van der Waals surface area (Å²) in [5, 5.41) is 16.8. The number of nitrogens with one attached hydrogen (secondary N) is 2. The van der Waals surface area contributed by atoms with Crippen LogP contribution in [0.3, 0.4) is 0 Å². The molecule has 11 nitrogen and oxygen atoms in total. The number of nitrogens with zero attached hydrogens (tertiary/aromatic N) is 6. The Morgan fingerprint density at radius 3 is 2.50 bits per heavy atom. The molecule has 1 amide bonds. The van der Waals surface area contributed by atoms with Crippen molar-refractivity contribution in [2.75, 3.05) is 25.5 Å². The zero-order chi connectivity index (χ0) is 32.8. The van der Waals surface area contributed by atoms with E-state index in [2.05, 4.69) is 42.7 Å². The van der Waals surface area contributed by atoms with Gasteiger partial charge in [0.15, 0.2) is 17.2 Å². The molecule has 4 heterocycles. The number of halogens is 4. The number of benzene rings is 2. The van der Waals surface area contributed by atoms with Crippen LogP contribution in [0.5, 0.6) is 0 Å². The van der Waals surface area contributed by atoms with Crippen molar-refractivity contribution in [1.29, 1.82) is 0 Å². The number of rotatable bonds is 7. The number of fused-ring (bicyclic) bond motifs is 1. The van der Waals surface area contributed by atoms with Crippen molar-refractivity contribution in [3.63, 3.8) is 0 Å². The molecule has 0 unspecified atom stereocenters. The van der Waals surface area contributed by atoms with Crippen molar-refractivity contribution in [2.24, 2.45) is 0 Å². The number of carbonyl (C=O) groups excluding carboxylic acids is 1. The first-order valence-electron chi connectivity index (χ1n) is 14.2. The van der Waals surface area contributed by atoms with Gasteiger partial charge >= 0.3 is 6.18 Å². The van der Waals surface area contributed by atoms with E-state index in [0.29, 0.717) is 35.6 Å². The van der Waals surface area contributed by atoms with Gasteiger partial charge in [-0.05, 0) is 36.6 Å². The molecule has 240 valence electrons. The maximum absolute atomic E-state index is 14.3. The maximum Gasteiger partial charge on any atom is 0.435 e. The minimum absolute atomic E-state index is 0.0539. The second-order valence-corrected chi connectivity index (χ2v) is 10.9. The van der Waals surface area contributed by atoms with Crippen molar-refractivity contribution < 1.29 is 27.9 Å². The summed E-state index contributed by atoms with van der Waals surface area (Å²) in [4.78, 5) is 31.4. The van der Waals surface area contributed by atoms with Gasteiger partial charge in [-0.1, -0.05) is 41.9 Å². The molecule has 2 aromatic carbocycles. The number of carboxylic acid groups (broad SMARTS) is 1. The molecule has 0 spiro atoms. The van der Waals surface area contributed by atoms with E-state index in [4.69, 9.17) is 21.5 Å². The van der Waals surface area contributed by atoms with Crippen LogP contribution in [0.4, 0.5) is 24.7 Å². The molecule has 1 aliphatic rings. The molecule has 1 aliphatic heterocycles. The third-order valence-electron chi connectivity index (χ3n) is 7.59. The van der Waals surface area contributed by atoms with Crippen LogP contribution in [0.15, 0.2) is 73.3 Å². The Hall–Kier alpha value is -4.95. The van der Waals surface area contributed by atoms with Gasteiger partial charge in [0.2, 0.25) is 0 Å². The Morgan fingerprint density at radius 1 is 1.13 bits per heavy atom. The van der Waals surface area contributed by atoms with Gasteiger partial charge in [0.25, 0.3) is 12.4 Å². The summed E-state index contributed by atoms with van der Waals surface area (Å²) in [5.74, 6) is -0.0160. The zero-order valence-electron chi connectivity index (χ0n) is 24.6. The lowest BCUT2D eigenvalue weighted by molar-refractivity contribution is -0.141. The molecule has 0 atom stereocenters. The first-order chi connectivity index (χ1) is 22.1. The first-order valence-corrected chi connectivity index (χ1v) is 14.6. The normalized spacial score (nSPS) is 14.0. The third kappa shape index (κ3) is 7.13. The number of carbonyl (C=O) groups is 2. The summed E-state index contributed by atoms with van der Waals surface area (Å²) in [6.45, 7) is 2.09. The topological polar surface area (TPSA) is 130 Å². The number of likely N-dealkylation sites (tertiary alicyclic amines) is 1. The van der Waals surface area contributed by atoms with Crippen LogP contribution in [-0.2, 0) is 17.5 Å². The fourth-order valence-corrected chi connectivity index (χ4v) is 5.68. The Morgan fingerprint density at radius 2 is 1.85 bits per heavy atom. The number of piperidine rings is 1. The second kappa shape index (κ2) is 14.0. The molecule has 15 heteroatoms.